The van der Waals surface area contributed by atoms with E-state index in [9.17, 15) is 12.8 Å². The fraction of sp³-hybridized carbons (Fsp3) is 0.500. The van der Waals surface area contributed by atoms with Gasteiger partial charge >= 0.3 is 0 Å². The molecule has 1 aliphatic heterocycles. The van der Waals surface area contributed by atoms with Gasteiger partial charge in [0.15, 0.2) is 9.84 Å². The highest BCUT2D eigenvalue weighted by Gasteiger charge is 2.27. The average molecular weight is 272 g/mol. The van der Waals surface area contributed by atoms with E-state index in [0.717, 1.165) is 5.56 Å². The van der Waals surface area contributed by atoms with Crippen LogP contribution in [0.4, 0.5) is 10.1 Å². The normalized spacial score (nSPS) is 24.0. The van der Waals surface area contributed by atoms with Gasteiger partial charge in [-0.25, -0.2) is 12.8 Å². The van der Waals surface area contributed by atoms with Crippen molar-refractivity contribution in [2.45, 2.75) is 19.5 Å². The third-order valence-electron chi connectivity index (χ3n) is 3.26. The summed E-state index contributed by atoms with van der Waals surface area (Å²) in [5, 5.41) is 0. The molecule has 1 saturated heterocycles. The Balaban J connectivity index is 2.08. The molecule has 1 unspecified atom stereocenters. The van der Waals surface area contributed by atoms with E-state index < -0.39 is 15.7 Å². The molecule has 1 aliphatic rings. The van der Waals surface area contributed by atoms with Crippen molar-refractivity contribution in [3.05, 3.63) is 29.6 Å². The highest BCUT2D eigenvalue weighted by Crippen LogP contribution is 2.18. The zero-order valence-electron chi connectivity index (χ0n) is 10.3. The summed E-state index contributed by atoms with van der Waals surface area (Å²) in [6, 6.07) is 4.68. The van der Waals surface area contributed by atoms with Crippen molar-refractivity contribution in [2.75, 3.05) is 23.8 Å². The lowest BCUT2D eigenvalue weighted by molar-refractivity contribution is 0.218. The fourth-order valence-corrected chi connectivity index (χ4v) is 3.80. The van der Waals surface area contributed by atoms with Crippen LogP contribution < -0.4 is 5.73 Å². The summed E-state index contributed by atoms with van der Waals surface area (Å²) in [5.41, 5.74) is 6.36. The van der Waals surface area contributed by atoms with Gasteiger partial charge in [0.2, 0.25) is 0 Å². The molecule has 4 nitrogen and oxygen atoms in total. The Bertz CT molecular complexity index is 545. The Morgan fingerprint density at radius 3 is 2.83 bits per heavy atom. The van der Waals surface area contributed by atoms with Crippen molar-refractivity contribution < 1.29 is 12.8 Å². The molecule has 2 rings (SSSR count). The molecule has 1 aromatic carbocycles. The molecule has 1 fully saturated rings. The number of nitrogen functional groups attached to an aromatic ring is 1. The second-order valence-electron chi connectivity index (χ2n) is 4.79. The van der Waals surface area contributed by atoms with Crippen molar-refractivity contribution in [3.8, 4) is 0 Å². The highest BCUT2D eigenvalue weighted by atomic mass is 32.2. The van der Waals surface area contributed by atoms with E-state index in [2.05, 4.69) is 0 Å². The van der Waals surface area contributed by atoms with Gasteiger partial charge in [-0.3, -0.25) is 4.90 Å². The van der Waals surface area contributed by atoms with Crippen LogP contribution in [0, 0.1) is 5.82 Å². The molecule has 1 heterocycles. The molecule has 0 amide bonds. The molecule has 2 N–H and O–H groups in total. The van der Waals surface area contributed by atoms with Gasteiger partial charge in [-0.05, 0) is 24.6 Å². The number of hydrogen-bond acceptors (Lipinski definition) is 4. The van der Waals surface area contributed by atoms with E-state index in [1.165, 1.54) is 12.1 Å². The summed E-state index contributed by atoms with van der Waals surface area (Å²) in [7, 11) is -2.91. The van der Waals surface area contributed by atoms with E-state index in [1.807, 2.05) is 11.8 Å². The minimum atomic E-state index is -2.91. The molecule has 6 heteroatoms. The first-order valence-corrected chi connectivity index (χ1v) is 7.68. The van der Waals surface area contributed by atoms with Crippen molar-refractivity contribution in [3.63, 3.8) is 0 Å². The first kappa shape index (κ1) is 13.3. The third kappa shape index (κ3) is 3.00. The Hall–Kier alpha value is -1.14. The van der Waals surface area contributed by atoms with Gasteiger partial charge in [-0.15, -0.1) is 0 Å². The highest BCUT2D eigenvalue weighted by molar-refractivity contribution is 7.91. The third-order valence-corrected chi connectivity index (χ3v) is 5.05. The minimum absolute atomic E-state index is 0.0376. The summed E-state index contributed by atoms with van der Waals surface area (Å²) in [4.78, 5) is 2.05. The standard InChI is InChI=1S/C12H17FN2O2S/c1-9-8-18(16,17)5-4-15(9)7-10-2-3-12(14)11(13)6-10/h2-3,6,9H,4-5,7-8,14H2,1H3. The van der Waals surface area contributed by atoms with E-state index in [-0.39, 0.29) is 23.2 Å². The first-order valence-electron chi connectivity index (χ1n) is 5.86. The quantitative estimate of drug-likeness (QED) is 0.817. The maximum absolute atomic E-state index is 13.3. The van der Waals surface area contributed by atoms with Crippen LogP contribution in [0.15, 0.2) is 18.2 Å². The zero-order valence-corrected chi connectivity index (χ0v) is 11.1. The zero-order chi connectivity index (χ0) is 13.3. The molecule has 0 saturated carbocycles. The van der Waals surface area contributed by atoms with Gasteiger partial charge in [0.25, 0.3) is 0 Å². The number of benzene rings is 1. The van der Waals surface area contributed by atoms with Crippen molar-refractivity contribution in [1.82, 2.24) is 4.90 Å². The van der Waals surface area contributed by atoms with E-state index in [4.69, 9.17) is 5.73 Å². The Kier molecular flexibility index (Phi) is 3.59. The lowest BCUT2D eigenvalue weighted by atomic mass is 10.1. The molecule has 1 atom stereocenters. The van der Waals surface area contributed by atoms with Crippen LogP contribution in [0.1, 0.15) is 12.5 Å². The van der Waals surface area contributed by atoms with Crippen molar-refractivity contribution in [1.29, 1.82) is 0 Å². The monoisotopic (exact) mass is 272 g/mol. The predicted molar refractivity (Wildman–Crippen MR) is 69.3 cm³/mol. The summed E-state index contributed by atoms with van der Waals surface area (Å²) in [5.74, 6) is -0.0796. The molecular weight excluding hydrogens is 255 g/mol. The van der Waals surface area contributed by atoms with Crippen molar-refractivity contribution >= 4 is 15.5 Å². The number of anilines is 1. The number of nitrogens with two attached hydrogens (primary N) is 1. The van der Waals surface area contributed by atoms with Gasteiger partial charge in [0.05, 0.1) is 17.2 Å². The SMILES string of the molecule is CC1CS(=O)(=O)CCN1Cc1ccc(N)c(F)c1. The van der Waals surface area contributed by atoms with Crippen LogP contribution in [0.3, 0.4) is 0 Å². The Morgan fingerprint density at radius 2 is 2.22 bits per heavy atom. The molecule has 18 heavy (non-hydrogen) atoms. The molecular formula is C12H17FN2O2S. The van der Waals surface area contributed by atoms with Crippen LogP contribution in [0.5, 0.6) is 0 Å². The fourth-order valence-electron chi connectivity index (χ4n) is 2.17. The van der Waals surface area contributed by atoms with E-state index >= 15 is 0 Å². The number of rotatable bonds is 2. The molecule has 1 aromatic rings. The van der Waals surface area contributed by atoms with Crippen LogP contribution in [-0.4, -0.2) is 37.4 Å². The molecule has 0 aliphatic carbocycles. The number of nitrogens with zero attached hydrogens (tertiary/aromatic N) is 1. The summed E-state index contributed by atoms with van der Waals surface area (Å²) >= 11 is 0. The largest absolute Gasteiger partial charge is 0.396 e. The Morgan fingerprint density at radius 1 is 1.50 bits per heavy atom. The molecule has 100 valence electrons. The van der Waals surface area contributed by atoms with Crippen LogP contribution >= 0.6 is 0 Å². The summed E-state index contributed by atoms with van der Waals surface area (Å²) in [6.45, 7) is 2.92. The maximum Gasteiger partial charge on any atom is 0.153 e. The topological polar surface area (TPSA) is 63.4 Å². The number of halogens is 1. The maximum atomic E-state index is 13.3. The van der Waals surface area contributed by atoms with Gasteiger partial charge in [0, 0.05) is 19.1 Å². The lowest BCUT2D eigenvalue weighted by Crippen LogP contribution is -2.46. The predicted octanol–water partition coefficient (Wildman–Crippen LogP) is 1.03. The minimum Gasteiger partial charge on any atom is -0.396 e. The number of sulfone groups is 1. The average Bonchev–Trinajstić information content (AvgIpc) is 2.27. The molecule has 0 spiro atoms. The lowest BCUT2D eigenvalue weighted by Gasteiger charge is -2.33. The number of hydrogen-bond donors (Lipinski definition) is 1. The first-order chi connectivity index (χ1) is 8.37. The molecule has 0 bridgehead atoms. The molecule has 0 radical (unpaired) electrons. The van der Waals surface area contributed by atoms with E-state index in [1.54, 1.807) is 6.07 Å². The second-order valence-corrected chi connectivity index (χ2v) is 7.02. The van der Waals surface area contributed by atoms with Crippen LogP contribution in [0.2, 0.25) is 0 Å². The van der Waals surface area contributed by atoms with Crippen molar-refractivity contribution in [2.24, 2.45) is 0 Å². The smallest absolute Gasteiger partial charge is 0.153 e. The van der Waals surface area contributed by atoms with E-state index in [0.29, 0.717) is 13.1 Å². The Labute approximate surface area is 107 Å². The van der Waals surface area contributed by atoms with Crippen LogP contribution in [-0.2, 0) is 16.4 Å². The summed E-state index contributed by atoms with van der Waals surface area (Å²) in [6.07, 6.45) is 0. The molecule has 0 aromatic heterocycles. The van der Waals surface area contributed by atoms with Gasteiger partial charge in [0.1, 0.15) is 5.82 Å². The second kappa shape index (κ2) is 4.85. The van der Waals surface area contributed by atoms with Gasteiger partial charge in [-0.2, -0.15) is 0 Å². The summed E-state index contributed by atoms with van der Waals surface area (Å²) < 4.78 is 36.2. The van der Waals surface area contributed by atoms with Gasteiger partial charge in [-0.1, -0.05) is 6.07 Å². The van der Waals surface area contributed by atoms with Gasteiger partial charge < -0.3 is 5.73 Å². The van der Waals surface area contributed by atoms with Crippen LogP contribution in [0.25, 0.3) is 0 Å².